The maximum atomic E-state index is 16.3. The number of hydrogen-bond donors (Lipinski definition) is 2. The molecule has 4 atom stereocenters. The predicted molar refractivity (Wildman–Crippen MR) is 232 cm³/mol. The van der Waals surface area contributed by atoms with Crippen molar-refractivity contribution in [1.82, 2.24) is 29.2 Å². The highest BCUT2D eigenvalue weighted by Gasteiger charge is 2.46. The van der Waals surface area contributed by atoms with E-state index in [1.54, 1.807) is 39.2 Å². The Bertz CT molecular complexity index is 2230. The molecule has 0 bridgehead atoms. The van der Waals surface area contributed by atoms with Gasteiger partial charge in [-0.1, -0.05) is 44.2 Å². The molecule has 2 aromatic carbocycles. The van der Waals surface area contributed by atoms with Crippen molar-refractivity contribution < 1.29 is 56.5 Å². The minimum atomic E-state index is -1.62. The van der Waals surface area contributed by atoms with E-state index in [1.807, 2.05) is 30.3 Å². The summed E-state index contributed by atoms with van der Waals surface area (Å²) in [4.78, 5) is 75.5. The van der Waals surface area contributed by atoms with E-state index in [1.165, 1.54) is 29.8 Å². The molecule has 0 aliphatic carbocycles. The maximum Gasteiger partial charge on any atom is 0.410 e. The van der Waals surface area contributed by atoms with Gasteiger partial charge >= 0.3 is 12.2 Å². The predicted octanol–water partition coefficient (Wildman–Crippen LogP) is 6.13. The van der Waals surface area contributed by atoms with Gasteiger partial charge in [0, 0.05) is 76.0 Å². The molecule has 5 rings (SSSR count). The first-order valence-electron chi connectivity index (χ1n) is 21.3. The number of ether oxygens (including phenoxy) is 3. The van der Waals surface area contributed by atoms with Gasteiger partial charge in [-0.15, -0.1) is 0 Å². The molecule has 0 spiro atoms. The summed E-state index contributed by atoms with van der Waals surface area (Å²) in [5, 5.41) is 17.8. The third-order valence-electron chi connectivity index (χ3n) is 11.0. The molecule has 5 amide bonds. The Labute approximate surface area is 376 Å². The number of carbonyl (C=O) groups is 5. The minimum absolute atomic E-state index is 0.00160. The lowest BCUT2D eigenvalue weighted by atomic mass is 9.79. The highest BCUT2D eigenvalue weighted by Crippen LogP contribution is 2.44. The Kier molecular flexibility index (Phi) is 16.2. The van der Waals surface area contributed by atoms with E-state index >= 15 is 8.78 Å². The molecule has 19 heteroatoms. The third-order valence-corrected chi connectivity index (χ3v) is 11.0. The maximum absolute atomic E-state index is 16.3. The van der Waals surface area contributed by atoms with Gasteiger partial charge in [-0.25, -0.2) is 27.7 Å². The fourth-order valence-electron chi connectivity index (χ4n) is 7.81. The van der Waals surface area contributed by atoms with Crippen molar-refractivity contribution in [2.24, 2.45) is 11.3 Å². The SMILES string of the molecule is CC(=N)O[C@@H](C)C(=O)N(C[C@@H]1CN(C(=O)OC(C)(C)C)C[C@@H]1F)[C@@H](c1nc(-c2cc(F)ccc2F)cn1Cc1ccccc1)C(C)(C)CCOC(=O)N(CCO)CCN1C(=O)C=CC1=O. The summed E-state index contributed by atoms with van der Waals surface area (Å²) in [5.41, 5.74) is -1.41. The smallest absolute Gasteiger partial charge is 0.410 e. The lowest BCUT2D eigenvalue weighted by Crippen LogP contribution is -2.50. The number of halogens is 3. The van der Waals surface area contributed by atoms with Crippen molar-refractivity contribution in [2.45, 2.75) is 85.4 Å². The van der Waals surface area contributed by atoms with Crippen molar-refractivity contribution in [3.8, 4) is 11.3 Å². The summed E-state index contributed by atoms with van der Waals surface area (Å²) >= 11 is 0. The molecule has 0 saturated carbocycles. The quantitative estimate of drug-likeness (QED) is 0.0855. The number of nitrogens with one attached hydrogen (secondary N) is 1. The van der Waals surface area contributed by atoms with Crippen LogP contribution in [0.25, 0.3) is 11.3 Å². The molecule has 3 aromatic rings. The van der Waals surface area contributed by atoms with E-state index in [9.17, 15) is 33.5 Å². The van der Waals surface area contributed by atoms with Crippen molar-refractivity contribution in [1.29, 1.82) is 5.41 Å². The number of imidazole rings is 1. The van der Waals surface area contributed by atoms with E-state index in [2.05, 4.69) is 0 Å². The highest BCUT2D eigenvalue weighted by molar-refractivity contribution is 6.12. The summed E-state index contributed by atoms with van der Waals surface area (Å²) < 4.78 is 65.1. The van der Waals surface area contributed by atoms with Crippen molar-refractivity contribution >= 4 is 35.8 Å². The first-order valence-corrected chi connectivity index (χ1v) is 21.3. The molecule has 352 valence electrons. The molecule has 2 aliphatic rings. The molecular weight excluding hydrogens is 852 g/mol. The first kappa shape index (κ1) is 49.8. The van der Waals surface area contributed by atoms with Crippen LogP contribution < -0.4 is 0 Å². The molecule has 65 heavy (non-hydrogen) atoms. The fraction of sp³-hybridized carbons (Fsp3) is 0.500. The monoisotopic (exact) mass is 909 g/mol. The number of carbonyl (C=O) groups excluding carboxylic acids is 5. The van der Waals surface area contributed by atoms with E-state index in [-0.39, 0.29) is 81.8 Å². The van der Waals surface area contributed by atoms with Gasteiger partial charge in [-0.2, -0.15) is 0 Å². The van der Waals surface area contributed by atoms with Crippen molar-refractivity contribution in [2.75, 3.05) is 52.5 Å². The van der Waals surface area contributed by atoms with Gasteiger partial charge < -0.3 is 38.6 Å². The summed E-state index contributed by atoms with van der Waals surface area (Å²) in [5.74, 6) is -4.33. The second-order valence-corrected chi connectivity index (χ2v) is 17.8. The Hall–Kier alpha value is -6.24. The lowest BCUT2D eigenvalue weighted by Gasteiger charge is -2.43. The zero-order valence-corrected chi connectivity index (χ0v) is 37.8. The number of benzene rings is 2. The second kappa shape index (κ2) is 21.2. The van der Waals surface area contributed by atoms with Gasteiger partial charge in [0.15, 0.2) is 12.0 Å². The van der Waals surface area contributed by atoms with Crippen LogP contribution in [0.3, 0.4) is 0 Å². The second-order valence-electron chi connectivity index (χ2n) is 17.8. The average molecular weight is 910 g/mol. The fourth-order valence-corrected chi connectivity index (χ4v) is 7.81. The zero-order valence-electron chi connectivity index (χ0n) is 37.8. The molecule has 1 fully saturated rings. The number of rotatable bonds is 18. The number of alkyl halides is 1. The molecule has 0 unspecified atom stereocenters. The number of likely N-dealkylation sites (tertiary alicyclic amines) is 1. The van der Waals surface area contributed by atoms with E-state index in [0.29, 0.717) is 0 Å². The third kappa shape index (κ3) is 13.0. The Morgan fingerprint density at radius 3 is 2.31 bits per heavy atom. The van der Waals surface area contributed by atoms with E-state index in [4.69, 9.17) is 24.6 Å². The summed E-state index contributed by atoms with van der Waals surface area (Å²) in [6.07, 6.45) is -0.751. The minimum Gasteiger partial charge on any atom is -0.469 e. The number of hydrogen-bond acceptors (Lipinski definition) is 11. The van der Waals surface area contributed by atoms with Gasteiger partial charge in [0.1, 0.15) is 29.2 Å². The summed E-state index contributed by atoms with van der Waals surface area (Å²) in [7, 11) is 0. The highest BCUT2D eigenvalue weighted by atomic mass is 19.1. The van der Waals surface area contributed by atoms with Crippen LogP contribution in [0.2, 0.25) is 0 Å². The molecule has 1 saturated heterocycles. The van der Waals surface area contributed by atoms with E-state index in [0.717, 1.165) is 45.7 Å². The Morgan fingerprint density at radius 1 is 1.00 bits per heavy atom. The number of aromatic nitrogens is 2. The molecule has 2 aliphatic heterocycles. The van der Waals surface area contributed by atoms with Crippen LogP contribution in [-0.2, 0) is 35.1 Å². The van der Waals surface area contributed by atoms with Gasteiger partial charge in [0.2, 0.25) is 0 Å². The van der Waals surface area contributed by atoms with Gasteiger partial charge in [-0.3, -0.25) is 24.7 Å². The Balaban J connectivity index is 1.59. The van der Waals surface area contributed by atoms with Crippen LogP contribution in [0, 0.1) is 28.4 Å². The van der Waals surface area contributed by atoms with Crippen LogP contribution in [0.5, 0.6) is 0 Å². The first-order chi connectivity index (χ1) is 30.6. The number of imide groups is 1. The average Bonchev–Trinajstić information content (AvgIpc) is 3.91. The van der Waals surface area contributed by atoms with Crippen LogP contribution in [0.15, 0.2) is 66.9 Å². The van der Waals surface area contributed by atoms with Crippen LogP contribution in [0.4, 0.5) is 22.8 Å². The number of amides is 5. The van der Waals surface area contributed by atoms with E-state index < -0.39 is 83.4 Å². The topological polar surface area (TPSA) is 188 Å². The molecular formula is C46H58F3N7O9. The lowest BCUT2D eigenvalue weighted by molar-refractivity contribution is -0.146. The van der Waals surface area contributed by atoms with Gasteiger partial charge in [0.25, 0.3) is 17.7 Å². The number of nitrogens with zero attached hydrogens (tertiary/aromatic N) is 6. The molecule has 2 N–H and O–H groups in total. The van der Waals surface area contributed by atoms with Gasteiger partial charge in [0.05, 0.1) is 31.5 Å². The normalized spacial score (nSPS) is 17.3. The molecule has 0 radical (unpaired) electrons. The summed E-state index contributed by atoms with van der Waals surface area (Å²) in [6.45, 7) is 9.54. The Morgan fingerprint density at radius 2 is 1.68 bits per heavy atom. The van der Waals surface area contributed by atoms with Crippen LogP contribution in [-0.4, -0.2) is 140 Å². The van der Waals surface area contributed by atoms with Crippen molar-refractivity contribution in [3.63, 3.8) is 0 Å². The largest absolute Gasteiger partial charge is 0.469 e. The van der Waals surface area contributed by atoms with Crippen LogP contribution >= 0.6 is 0 Å². The zero-order chi connectivity index (χ0) is 47.8. The standard InChI is InChI=1S/C46H58F3N7O9/c1-29(64-30(2)50)42(60)56(26-32-25-54(27-36(32)49)44(62)65-45(3,4)5)40(46(6,7)17-22-63-43(61)52(20-21-57)18-19-55-38(58)15-16-39(55)59)41-51-37(34-23-33(47)13-14-35(34)48)28-53(41)24-31-11-9-8-10-12-31/h8-16,23,28-29,32,36,40,50,57H,17-22,24-27H2,1-7H3/t29-,32-,36-,40-/m0/s1. The molecule has 16 nitrogen and oxygen atoms in total. The molecule has 1 aromatic heterocycles. The summed E-state index contributed by atoms with van der Waals surface area (Å²) in [6, 6.07) is 10.9. The molecule has 3 heterocycles. The number of aliphatic hydroxyl groups is 1. The van der Waals surface area contributed by atoms with Crippen molar-refractivity contribution in [3.05, 3.63) is 89.9 Å². The number of aliphatic hydroxyl groups excluding tert-OH is 1. The van der Waals surface area contributed by atoms with Crippen LogP contribution in [0.1, 0.15) is 72.3 Å². The van der Waals surface area contributed by atoms with Gasteiger partial charge in [-0.05, 0) is 63.3 Å².